The van der Waals surface area contributed by atoms with E-state index >= 15 is 0 Å². The van der Waals surface area contributed by atoms with Gasteiger partial charge in [0.2, 0.25) is 0 Å². The number of amides is 1. The maximum atomic E-state index is 11.7. The molecule has 2 N–H and O–H groups in total. The Balaban J connectivity index is 1.83. The monoisotopic (exact) mass is 444 g/mol. The quantitative estimate of drug-likeness (QED) is 0.421. The topological polar surface area (TPSA) is 70.9 Å². The Morgan fingerprint density at radius 3 is 2.87 bits per heavy atom. The van der Waals surface area contributed by atoms with Gasteiger partial charge in [0.15, 0.2) is 6.61 Å². The number of benzene rings is 2. The highest BCUT2D eigenvalue weighted by molar-refractivity contribution is 14.1. The maximum absolute atomic E-state index is 11.7. The number of hydrogen-bond acceptors (Lipinski definition) is 4. The lowest BCUT2D eigenvalue weighted by atomic mass is 10.2. The molecule has 0 aliphatic heterocycles. The summed E-state index contributed by atoms with van der Waals surface area (Å²) in [6.07, 6.45) is 1.49. The number of nitrogens with one attached hydrogen (secondary N) is 1. The third-order valence-electron chi connectivity index (χ3n) is 2.87. The van der Waals surface area contributed by atoms with Crippen molar-refractivity contribution in [3.8, 4) is 11.5 Å². The number of hydrogen-bond donors (Lipinski definition) is 2. The number of halogens is 2. The lowest BCUT2D eigenvalue weighted by Crippen LogP contribution is -2.24. The number of nitrogens with zero attached hydrogens (tertiary/aromatic N) is 1. The van der Waals surface area contributed by atoms with Gasteiger partial charge in [0, 0.05) is 5.02 Å². The van der Waals surface area contributed by atoms with E-state index in [9.17, 15) is 9.90 Å². The number of phenolic OH excluding ortho intramolecular Hbond substituents is 1. The first kappa shape index (κ1) is 17.6. The van der Waals surface area contributed by atoms with E-state index in [1.807, 2.05) is 29.5 Å². The molecule has 0 radical (unpaired) electrons. The minimum Gasteiger partial charge on any atom is -0.507 e. The second-order valence-electron chi connectivity index (χ2n) is 4.70. The molecule has 5 nitrogen and oxygen atoms in total. The van der Waals surface area contributed by atoms with E-state index in [2.05, 4.69) is 10.5 Å². The zero-order chi connectivity index (χ0) is 16.8. The first-order chi connectivity index (χ1) is 11.0. The van der Waals surface area contributed by atoms with Gasteiger partial charge in [-0.15, -0.1) is 0 Å². The van der Waals surface area contributed by atoms with Crippen molar-refractivity contribution in [1.82, 2.24) is 5.43 Å². The normalized spacial score (nSPS) is 10.7. The number of ether oxygens (including phenoxy) is 1. The molecule has 0 aliphatic carbocycles. The van der Waals surface area contributed by atoms with E-state index in [0.29, 0.717) is 14.3 Å². The van der Waals surface area contributed by atoms with Crippen molar-refractivity contribution in [3.05, 3.63) is 56.1 Å². The second kappa shape index (κ2) is 8.16. The molecule has 0 bridgehead atoms. The highest BCUT2D eigenvalue weighted by Gasteiger charge is 2.03. The summed E-state index contributed by atoms with van der Waals surface area (Å²) in [5.74, 6) is 0.403. The zero-order valence-corrected chi connectivity index (χ0v) is 15.1. The van der Waals surface area contributed by atoms with Gasteiger partial charge in [0.25, 0.3) is 5.91 Å². The van der Waals surface area contributed by atoms with E-state index in [1.54, 1.807) is 36.4 Å². The minimum absolute atomic E-state index is 0.147. The van der Waals surface area contributed by atoms with Gasteiger partial charge in [0.1, 0.15) is 11.5 Å². The standard InChI is InChI=1S/C16H14ClIN2O3/c1-10-6-12(3-4-13(10)17)23-9-16(22)20-19-8-11-2-5-15(21)14(18)7-11/h2-8,21H,9H2,1H3,(H,20,22). The van der Waals surface area contributed by atoms with Gasteiger partial charge >= 0.3 is 0 Å². The van der Waals surface area contributed by atoms with Crippen LogP contribution in [0.15, 0.2) is 41.5 Å². The number of aromatic hydroxyl groups is 1. The fourth-order valence-corrected chi connectivity index (χ4v) is 2.33. The lowest BCUT2D eigenvalue weighted by Gasteiger charge is -2.06. The SMILES string of the molecule is Cc1cc(OCC(=O)NN=Cc2ccc(O)c(I)c2)ccc1Cl. The molecule has 23 heavy (non-hydrogen) atoms. The lowest BCUT2D eigenvalue weighted by molar-refractivity contribution is -0.123. The van der Waals surface area contributed by atoms with Gasteiger partial charge in [-0.3, -0.25) is 4.79 Å². The van der Waals surface area contributed by atoms with Crippen LogP contribution in [-0.2, 0) is 4.79 Å². The minimum atomic E-state index is -0.373. The summed E-state index contributed by atoms with van der Waals surface area (Å²) in [6.45, 7) is 1.71. The fourth-order valence-electron chi connectivity index (χ4n) is 1.67. The number of carbonyl (C=O) groups is 1. The molecule has 0 saturated carbocycles. The molecule has 0 aromatic heterocycles. The van der Waals surface area contributed by atoms with Crippen LogP contribution in [0.5, 0.6) is 11.5 Å². The number of carbonyl (C=O) groups excluding carboxylic acids is 1. The summed E-state index contributed by atoms with van der Waals surface area (Å²) >= 11 is 7.93. The Kier molecular flexibility index (Phi) is 6.23. The number of phenols is 1. The zero-order valence-electron chi connectivity index (χ0n) is 12.2. The predicted molar refractivity (Wildman–Crippen MR) is 98.2 cm³/mol. The first-order valence-corrected chi connectivity index (χ1v) is 8.11. The summed E-state index contributed by atoms with van der Waals surface area (Å²) < 4.78 is 6.07. The summed E-state index contributed by atoms with van der Waals surface area (Å²) in [5.41, 5.74) is 4.02. The van der Waals surface area contributed by atoms with E-state index < -0.39 is 0 Å². The Morgan fingerprint density at radius 1 is 1.39 bits per heavy atom. The molecule has 0 saturated heterocycles. The van der Waals surface area contributed by atoms with Crippen LogP contribution in [0.2, 0.25) is 5.02 Å². The molecule has 1 amide bonds. The smallest absolute Gasteiger partial charge is 0.277 e. The highest BCUT2D eigenvalue weighted by Crippen LogP contribution is 2.21. The van der Waals surface area contributed by atoms with Crippen molar-refractivity contribution in [2.45, 2.75) is 6.92 Å². The molecule has 0 fully saturated rings. The molecular weight excluding hydrogens is 431 g/mol. The third-order valence-corrected chi connectivity index (χ3v) is 4.16. The van der Waals surface area contributed by atoms with Crippen molar-refractivity contribution in [3.63, 3.8) is 0 Å². The van der Waals surface area contributed by atoms with Crippen LogP contribution in [0, 0.1) is 10.5 Å². The van der Waals surface area contributed by atoms with E-state index in [0.717, 1.165) is 11.1 Å². The van der Waals surface area contributed by atoms with Crippen LogP contribution < -0.4 is 10.2 Å². The molecule has 120 valence electrons. The van der Waals surface area contributed by atoms with Crippen molar-refractivity contribution < 1.29 is 14.6 Å². The largest absolute Gasteiger partial charge is 0.507 e. The van der Waals surface area contributed by atoms with E-state index in [4.69, 9.17) is 16.3 Å². The summed E-state index contributed by atoms with van der Waals surface area (Å²) in [4.78, 5) is 11.7. The van der Waals surface area contributed by atoms with Crippen LogP contribution in [0.3, 0.4) is 0 Å². The molecule has 0 aliphatic rings. The van der Waals surface area contributed by atoms with Crippen LogP contribution >= 0.6 is 34.2 Å². The van der Waals surface area contributed by atoms with Crippen molar-refractivity contribution in [1.29, 1.82) is 0 Å². The van der Waals surface area contributed by atoms with Gasteiger partial charge in [0.05, 0.1) is 9.78 Å². The molecule has 2 aromatic rings. The number of aryl methyl sites for hydroxylation is 1. The van der Waals surface area contributed by atoms with Crippen LogP contribution in [0.25, 0.3) is 0 Å². The highest BCUT2D eigenvalue weighted by atomic mass is 127. The number of rotatable bonds is 5. The van der Waals surface area contributed by atoms with Gasteiger partial charge in [-0.05, 0) is 77.0 Å². The second-order valence-corrected chi connectivity index (χ2v) is 6.27. The molecule has 2 aromatic carbocycles. The predicted octanol–water partition coefficient (Wildman–Crippen LogP) is 3.49. The van der Waals surface area contributed by atoms with E-state index in [-0.39, 0.29) is 18.3 Å². The van der Waals surface area contributed by atoms with E-state index in [1.165, 1.54) is 6.21 Å². The molecule has 0 spiro atoms. The number of hydrazone groups is 1. The van der Waals surface area contributed by atoms with Crippen molar-refractivity contribution in [2.24, 2.45) is 5.10 Å². The van der Waals surface area contributed by atoms with Crippen molar-refractivity contribution >= 4 is 46.3 Å². The molecule has 2 rings (SSSR count). The van der Waals surface area contributed by atoms with Gasteiger partial charge < -0.3 is 9.84 Å². The first-order valence-electron chi connectivity index (χ1n) is 6.65. The molecule has 0 heterocycles. The van der Waals surface area contributed by atoms with Crippen LogP contribution in [0.4, 0.5) is 0 Å². The molecule has 0 atom stereocenters. The van der Waals surface area contributed by atoms with Crippen LogP contribution in [0.1, 0.15) is 11.1 Å². The summed E-state index contributed by atoms with van der Waals surface area (Å²) in [6, 6.07) is 10.2. The third kappa shape index (κ3) is 5.40. The Morgan fingerprint density at radius 2 is 2.17 bits per heavy atom. The van der Waals surface area contributed by atoms with Gasteiger partial charge in [-0.2, -0.15) is 5.10 Å². The average molecular weight is 445 g/mol. The molecular formula is C16H14ClIN2O3. The molecule has 7 heteroatoms. The van der Waals surface area contributed by atoms with Crippen LogP contribution in [-0.4, -0.2) is 23.8 Å². The average Bonchev–Trinajstić information content (AvgIpc) is 2.52. The molecule has 0 unspecified atom stereocenters. The Hall–Kier alpha value is -1.80. The Bertz CT molecular complexity index is 750. The summed E-state index contributed by atoms with van der Waals surface area (Å²) in [5, 5.41) is 13.9. The van der Waals surface area contributed by atoms with Gasteiger partial charge in [-0.1, -0.05) is 11.6 Å². The summed E-state index contributed by atoms with van der Waals surface area (Å²) in [7, 11) is 0. The Labute approximate surface area is 152 Å². The van der Waals surface area contributed by atoms with Gasteiger partial charge in [-0.25, -0.2) is 5.43 Å². The fraction of sp³-hybridized carbons (Fsp3) is 0.125. The van der Waals surface area contributed by atoms with Crippen molar-refractivity contribution in [2.75, 3.05) is 6.61 Å². The maximum Gasteiger partial charge on any atom is 0.277 e.